The van der Waals surface area contributed by atoms with Crippen LogP contribution in [-0.2, 0) is 9.53 Å². The highest BCUT2D eigenvalue weighted by Gasteiger charge is 2.30. The summed E-state index contributed by atoms with van der Waals surface area (Å²) in [5.41, 5.74) is 2.66. The first-order chi connectivity index (χ1) is 13.7. The standard InChI is InChI=1S/C19H20N6O3/c26-18(11-1-2-11)22-16-9-25-8-12(3-4-17(25)21-16)14-7-15(24-23-14)19(27)20-13-5-6-28-10-13/h3-4,7-9,11,13H,1-2,5-6,10H2,(H,20,27)(H,22,26)(H,23,24). The fourth-order valence-corrected chi connectivity index (χ4v) is 3.28. The summed E-state index contributed by atoms with van der Waals surface area (Å²) in [6.07, 6.45) is 6.39. The van der Waals surface area contributed by atoms with Gasteiger partial charge in [0.25, 0.3) is 5.91 Å². The molecule has 9 nitrogen and oxygen atoms in total. The van der Waals surface area contributed by atoms with Gasteiger partial charge < -0.3 is 19.8 Å². The number of nitrogens with zero attached hydrogens (tertiary/aromatic N) is 3. The average molecular weight is 380 g/mol. The van der Waals surface area contributed by atoms with Crippen LogP contribution < -0.4 is 10.6 Å². The largest absolute Gasteiger partial charge is 0.379 e. The molecule has 0 spiro atoms. The summed E-state index contributed by atoms with van der Waals surface area (Å²) in [5.74, 6) is 0.482. The minimum atomic E-state index is -0.216. The molecule has 1 atom stereocenters. The molecule has 2 aliphatic rings. The molecule has 4 heterocycles. The number of pyridine rings is 1. The molecule has 0 radical (unpaired) electrons. The van der Waals surface area contributed by atoms with Crippen LogP contribution in [0.4, 0.5) is 5.82 Å². The van der Waals surface area contributed by atoms with Crippen molar-refractivity contribution in [2.45, 2.75) is 25.3 Å². The highest BCUT2D eigenvalue weighted by molar-refractivity contribution is 5.94. The van der Waals surface area contributed by atoms with E-state index in [1.165, 1.54) is 0 Å². The van der Waals surface area contributed by atoms with Gasteiger partial charge >= 0.3 is 0 Å². The third-order valence-corrected chi connectivity index (χ3v) is 5.04. The van der Waals surface area contributed by atoms with E-state index in [2.05, 4.69) is 25.8 Å². The maximum absolute atomic E-state index is 12.3. The van der Waals surface area contributed by atoms with Crippen LogP contribution in [-0.4, -0.2) is 50.7 Å². The number of nitrogens with one attached hydrogen (secondary N) is 3. The molecule has 3 aromatic heterocycles. The Bertz CT molecular complexity index is 1050. The maximum atomic E-state index is 12.3. The second kappa shape index (κ2) is 6.75. The summed E-state index contributed by atoms with van der Waals surface area (Å²) < 4.78 is 7.12. The Morgan fingerprint density at radius 2 is 2.11 bits per heavy atom. The van der Waals surface area contributed by atoms with E-state index < -0.39 is 0 Å². The monoisotopic (exact) mass is 380 g/mol. The average Bonchev–Trinajstić information content (AvgIpc) is 3.08. The molecule has 28 heavy (non-hydrogen) atoms. The molecule has 1 aliphatic heterocycles. The summed E-state index contributed by atoms with van der Waals surface area (Å²) in [5, 5.41) is 12.8. The van der Waals surface area contributed by atoms with Crippen molar-refractivity contribution < 1.29 is 14.3 Å². The molecule has 9 heteroatoms. The topological polar surface area (TPSA) is 113 Å². The Kier molecular flexibility index (Phi) is 4.09. The highest BCUT2D eigenvalue weighted by Crippen LogP contribution is 2.30. The van der Waals surface area contributed by atoms with Gasteiger partial charge in [0.05, 0.1) is 24.5 Å². The van der Waals surface area contributed by atoms with Crippen LogP contribution >= 0.6 is 0 Å². The number of hydrogen-bond donors (Lipinski definition) is 3. The molecule has 2 fully saturated rings. The van der Waals surface area contributed by atoms with Crippen LogP contribution in [0.1, 0.15) is 29.8 Å². The molecule has 1 saturated heterocycles. The van der Waals surface area contributed by atoms with Crippen LogP contribution in [0, 0.1) is 5.92 Å². The molecule has 0 bridgehead atoms. The van der Waals surface area contributed by atoms with E-state index in [9.17, 15) is 9.59 Å². The number of rotatable bonds is 5. The fraction of sp³-hybridized carbons (Fsp3) is 0.368. The number of carbonyl (C=O) groups is 2. The molecule has 1 saturated carbocycles. The third-order valence-electron chi connectivity index (χ3n) is 5.04. The smallest absolute Gasteiger partial charge is 0.272 e. The zero-order valence-corrected chi connectivity index (χ0v) is 15.1. The summed E-state index contributed by atoms with van der Waals surface area (Å²) >= 11 is 0. The van der Waals surface area contributed by atoms with E-state index >= 15 is 0 Å². The maximum Gasteiger partial charge on any atom is 0.272 e. The van der Waals surface area contributed by atoms with Gasteiger partial charge in [-0.05, 0) is 37.5 Å². The van der Waals surface area contributed by atoms with Crippen molar-refractivity contribution in [2.75, 3.05) is 18.5 Å². The van der Waals surface area contributed by atoms with Crippen molar-refractivity contribution in [3.8, 4) is 11.3 Å². The van der Waals surface area contributed by atoms with Gasteiger partial charge in [0.2, 0.25) is 5.91 Å². The Morgan fingerprint density at radius 3 is 2.89 bits per heavy atom. The Balaban J connectivity index is 1.33. The van der Waals surface area contributed by atoms with Crippen molar-refractivity contribution in [1.29, 1.82) is 0 Å². The Hall–Kier alpha value is -3.20. The van der Waals surface area contributed by atoms with E-state index in [1.54, 1.807) is 12.3 Å². The van der Waals surface area contributed by atoms with Gasteiger partial charge in [0.1, 0.15) is 5.65 Å². The van der Waals surface area contributed by atoms with Crippen LogP contribution in [0.3, 0.4) is 0 Å². The number of aromatic amines is 1. The second-order valence-electron chi connectivity index (χ2n) is 7.27. The lowest BCUT2D eigenvalue weighted by Gasteiger charge is -2.08. The summed E-state index contributed by atoms with van der Waals surface area (Å²) in [4.78, 5) is 28.6. The zero-order valence-electron chi connectivity index (χ0n) is 15.1. The first-order valence-electron chi connectivity index (χ1n) is 9.40. The molecular weight excluding hydrogens is 360 g/mol. The van der Waals surface area contributed by atoms with Crippen molar-refractivity contribution in [3.63, 3.8) is 0 Å². The van der Waals surface area contributed by atoms with Gasteiger partial charge in [-0.3, -0.25) is 14.7 Å². The van der Waals surface area contributed by atoms with Crippen molar-refractivity contribution in [3.05, 3.63) is 36.3 Å². The van der Waals surface area contributed by atoms with Crippen LogP contribution in [0.5, 0.6) is 0 Å². The number of imidazole rings is 1. The van der Waals surface area contributed by atoms with Gasteiger partial charge in [-0.25, -0.2) is 4.98 Å². The van der Waals surface area contributed by atoms with Gasteiger partial charge in [-0.15, -0.1) is 0 Å². The minimum Gasteiger partial charge on any atom is -0.379 e. The zero-order chi connectivity index (χ0) is 19.1. The van der Waals surface area contributed by atoms with Gasteiger partial charge in [-0.1, -0.05) is 0 Å². The predicted octanol–water partition coefficient (Wildman–Crippen LogP) is 1.59. The van der Waals surface area contributed by atoms with Crippen molar-refractivity contribution in [1.82, 2.24) is 24.9 Å². The summed E-state index contributed by atoms with van der Waals surface area (Å²) in [6.45, 7) is 1.21. The number of ether oxygens (including phenoxy) is 1. The van der Waals surface area contributed by atoms with E-state index in [4.69, 9.17) is 4.74 Å². The number of fused-ring (bicyclic) bond motifs is 1. The van der Waals surface area contributed by atoms with Gasteiger partial charge in [0, 0.05) is 24.3 Å². The van der Waals surface area contributed by atoms with Gasteiger partial charge in [0.15, 0.2) is 11.5 Å². The van der Waals surface area contributed by atoms with Crippen LogP contribution in [0.15, 0.2) is 30.6 Å². The lowest BCUT2D eigenvalue weighted by molar-refractivity contribution is -0.117. The summed E-state index contributed by atoms with van der Waals surface area (Å²) in [6, 6.07) is 5.52. The number of carbonyl (C=O) groups excluding carboxylic acids is 2. The van der Waals surface area contributed by atoms with Crippen LogP contribution in [0.25, 0.3) is 16.9 Å². The van der Waals surface area contributed by atoms with E-state index in [1.807, 2.05) is 22.7 Å². The molecule has 0 aromatic carbocycles. The highest BCUT2D eigenvalue weighted by atomic mass is 16.5. The lowest BCUT2D eigenvalue weighted by Crippen LogP contribution is -2.35. The molecule has 5 rings (SSSR count). The number of hydrogen-bond acceptors (Lipinski definition) is 5. The minimum absolute atomic E-state index is 0.0283. The molecule has 1 aliphatic carbocycles. The summed E-state index contributed by atoms with van der Waals surface area (Å²) in [7, 11) is 0. The SMILES string of the molecule is O=C(NC1CCOC1)c1cc(-c2ccc3nc(NC(=O)C4CC4)cn3c2)[nH]n1. The molecule has 3 N–H and O–H groups in total. The van der Waals surface area contributed by atoms with E-state index in [0.29, 0.717) is 24.7 Å². The quantitative estimate of drug-likeness (QED) is 0.622. The predicted molar refractivity (Wildman–Crippen MR) is 101 cm³/mol. The van der Waals surface area contributed by atoms with Crippen molar-refractivity contribution >= 4 is 23.3 Å². The first-order valence-corrected chi connectivity index (χ1v) is 9.40. The molecule has 3 aromatic rings. The number of anilines is 1. The fourth-order valence-electron chi connectivity index (χ4n) is 3.28. The number of amides is 2. The second-order valence-corrected chi connectivity index (χ2v) is 7.27. The Morgan fingerprint density at radius 1 is 1.21 bits per heavy atom. The number of H-pyrrole nitrogens is 1. The van der Waals surface area contributed by atoms with Gasteiger partial charge in [-0.2, -0.15) is 5.10 Å². The number of aromatic nitrogens is 4. The molecule has 1 unspecified atom stereocenters. The van der Waals surface area contributed by atoms with Crippen LogP contribution in [0.2, 0.25) is 0 Å². The first kappa shape index (κ1) is 16.9. The van der Waals surface area contributed by atoms with E-state index in [-0.39, 0.29) is 23.8 Å². The molecular formula is C19H20N6O3. The third kappa shape index (κ3) is 3.36. The normalized spacial score (nSPS) is 19.1. The lowest BCUT2D eigenvalue weighted by atomic mass is 10.2. The molecule has 144 valence electrons. The van der Waals surface area contributed by atoms with Crippen molar-refractivity contribution in [2.24, 2.45) is 5.92 Å². The molecule has 2 amide bonds. The Labute approximate surface area is 160 Å². The van der Waals surface area contributed by atoms with E-state index in [0.717, 1.165) is 36.2 Å².